The molecule has 0 heterocycles. The number of carbonyl (C=O) groups excluding carboxylic acids is 1. The second kappa shape index (κ2) is 6.41. The first kappa shape index (κ1) is 14.4. The summed E-state index contributed by atoms with van der Waals surface area (Å²) in [5.74, 6) is -0.442. The lowest BCUT2D eigenvalue weighted by atomic mass is 10.1. The van der Waals surface area contributed by atoms with Crippen LogP contribution in [-0.4, -0.2) is 30.1 Å². The number of carboxylic acid groups (broad SMARTS) is 1. The van der Waals surface area contributed by atoms with E-state index in [2.05, 4.69) is 5.32 Å². The number of carboxylic acids is 1. The van der Waals surface area contributed by atoms with Crippen LogP contribution in [0.3, 0.4) is 0 Å². The number of rotatable bonds is 5. The van der Waals surface area contributed by atoms with Gasteiger partial charge in [-0.1, -0.05) is 12.1 Å². The van der Waals surface area contributed by atoms with Gasteiger partial charge in [0.1, 0.15) is 5.75 Å². The SMILES string of the molecule is COc1cccc(CC(=O)NC2CCC(C(=O)O)C2)c1. The lowest BCUT2D eigenvalue weighted by Gasteiger charge is -2.12. The van der Waals surface area contributed by atoms with Gasteiger partial charge in [-0.3, -0.25) is 9.59 Å². The number of hydrogen-bond donors (Lipinski definition) is 2. The van der Waals surface area contributed by atoms with E-state index >= 15 is 0 Å². The van der Waals surface area contributed by atoms with Crippen molar-refractivity contribution in [2.45, 2.75) is 31.7 Å². The number of aliphatic carboxylic acids is 1. The summed E-state index contributed by atoms with van der Waals surface area (Å²) in [4.78, 5) is 22.8. The minimum atomic E-state index is -0.769. The molecule has 108 valence electrons. The van der Waals surface area contributed by atoms with Crippen LogP contribution in [0.1, 0.15) is 24.8 Å². The molecule has 1 aliphatic carbocycles. The predicted octanol–water partition coefficient (Wildman–Crippen LogP) is 1.61. The standard InChI is InChI=1S/C15H19NO4/c1-20-13-4-2-3-10(7-13)8-14(17)16-12-6-5-11(9-12)15(18)19/h2-4,7,11-12H,5-6,8-9H2,1H3,(H,16,17)(H,18,19). The van der Waals surface area contributed by atoms with Crippen molar-refractivity contribution >= 4 is 11.9 Å². The van der Waals surface area contributed by atoms with Crippen LogP contribution in [-0.2, 0) is 16.0 Å². The number of methoxy groups -OCH3 is 1. The van der Waals surface area contributed by atoms with Crippen LogP contribution in [0.4, 0.5) is 0 Å². The summed E-state index contributed by atoms with van der Waals surface area (Å²) in [6.45, 7) is 0. The Hall–Kier alpha value is -2.04. The van der Waals surface area contributed by atoms with Gasteiger partial charge in [-0.05, 0) is 37.0 Å². The molecule has 2 rings (SSSR count). The fourth-order valence-corrected chi connectivity index (χ4v) is 2.58. The second-order valence-corrected chi connectivity index (χ2v) is 5.14. The highest BCUT2D eigenvalue weighted by molar-refractivity contribution is 5.79. The van der Waals surface area contributed by atoms with Gasteiger partial charge < -0.3 is 15.2 Å². The molecule has 0 bridgehead atoms. The fraction of sp³-hybridized carbons (Fsp3) is 0.467. The number of hydrogen-bond acceptors (Lipinski definition) is 3. The Kier molecular flexibility index (Phi) is 4.61. The van der Waals surface area contributed by atoms with Gasteiger partial charge in [-0.2, -0.15) is 0 Å². The Bertz CT molecular complexity index is 500. The van der Waals surface area contributed by atoms with E-state index in [9.17, 15) is 9.59 Å². The van der Waals surface area contributed by atoms with E-state index in [1.54, 1.807) is 7.11 Å². The van der Waals surface area contributed by atoms with Crippen LogP contribution >= 0.6 is 0 Å². The van der Waals surface area contributed by atoms with E-state index in [1.807, 2.05) is 24.3 Å². The van der Waals surface area contributed by atoms with E-state index in [1.165, 1.54) is 0 Å². The molecule has 2 N–H and O–H groups in total. The third-order valence-electron chi connectivity index (χ3n) is 3.65. The summed E-state index contributed by atoms with van der Waals surface area (Å²) >= 11 is 0. The van der Waals surface area contributed by atoms with Gasteiger partial charge in [-0.15, -0.1) is 0 Å². The predicted molar refractivity (Wildman–Crippen MR) is 73.6 cm³/mol. The van der Waals surface area contributed by atoms with Gasteiger partial charge in [0.05, 0.1) is 19.4 Å². The molecule has 1 aliphatic rings. The fourth-order valence-electron chi connectivity index (χ4n) is 2.58. The van der Waals surface area contributed by atoms with Gasteiger partial charge in [0, 0.05) is 6.04 Å². The van der Waals surface area contributed by atoms with Crippen molar-refractivity contribution in [1.82, 2.24) is 5.32 Å². The first-order chi connectivity index (χ1) is 9.58. The average Bonchev–Trinajstić information content (AvgIpc) is 2.87. The van der Waals surface area contributed by atoms with Gasteiger partial charge in [-0.25, -0.2) is 0 Å². The van der Waals surface area contributed by atoms with Gasteiger partial charge in [0.15, 0.2) is 0 Å². The summed E-state index contributed by atoms with van der Waals surface area (Å²) in [5, 5.41) is 11.8. The zero-order chi connectivity index (χ0) is 14.5. The van der Waals surface area contributed by atoms with Crippen molar-refractivity contribution in [3.05, 3.63) is 29.8 Å². The topological polar surface area (TPSA) is 75.6 Å². The highest BCUT2D eigenvalue weighted by Crippen LogP contribution is 2.25. The molecule has 5 nitrogen and oxygen atoms in total. The van der Waals surface area contributed by atoms with Crippen LogP contribution in [0.15, 0.2) is 24.3 Å². The molecule has 1 aromatic rings. The number of benzene rings is 1. The van der Waals surface area contributed by atoms with Crippen LogP contribution in [0.5, 0.6) is 5.75 Å². The van der Waals surface area contributed by atoms with E-state index < -0.39 is 5.97 Å². The molecule has 0 aromatic heterocycles. The molecule has 0 saturated heterocycles. The van der Waals surface area contributed by atoms with Crippen LogP contribution in [0, 0.1) is 5.92 Å². The maximum absolute atomic E-state index is 11.9. The van der Waals surface area contributed by atoms with E-state index in [0.29, 0.717) is 12.8 Å². The summed E-state index contributed by atoms with van der Waals surface area (Å²) < 4.78 is 5.11. The Morgan fingerprint density at radius 1 is 1.40 bits per heavy atom. The van der Waals surface area contributed by atoms with Crippen molar-refractivity contribution in [3.63, 3.8) is 0 Å². The smallest absolute Gasteiger partial charge is 0.306 e. The van der Waals surface area contributed by atoms with Crippen LogP contribution < -0.4 is 10.1 Å². The van der Waals surface area contributed by atoms with Crippen molar-refractivity contribution in [2.24, 2.45) is 5.92 Å². The highest BCUT2D eigenvalue weighted by Gasteiger charge is 2.30. The summed E-state index contributed by atoms with van der Waals surface area (Å²) in [5.41, 5.74) is 0.884. The minimum absolute atomic E-state index is 0.0193. The molecule has 0 aliphatic heterocycles. The molecule has 1 aromatic carbocycles. The summed E-state index contributed by atoms with van der Waals surface area (Å²) in [6.07, 6.45) is 2.19. The van der Waals surface area contributed by atoms with E-state index in [0.717, 1.165) is 17.7 Å². The Balaban J connectivity index is 1.85. The molecule has 0 spiro atoms. The normalized spacial score (nSPS) is 21.4. The number of ether oxygens (including phenoxy) is 1. The molecule has 1 saturated carbocycles. The van der Waals surface area contributed by atoms with Gasteiger partial charge in [0.25, 0.3) is 0 Å². The van der Waals surface area contributed by atoms with Crippen LogP contribution in [0.25, 0.3) is 0 Å². The molecule has 1 fully saturated rings. The quantitative estimate of drug-likeness (QED) is 0.857. The first-order valence-electron chi connectivity index (χ1n) is 6.73. The lowest BCUT2D eigenvalue weighted by Crippen LogP contribution is -2.34. The maximum Gasteiger partial charge on any atom is 0.306 e. The monoisotopic (exact) mass is 277 g/mol. The van der Waals surface area contributed by atoms with Crippen molar-refractivity contribution < 1.29 is 19.4 Å². The first-order valence-corrected chi connectivity index (χ1v) is 6.73. The summed E-state index contributed by atoms with van der Waals surface area (Å²) in [6, 6.07) is 7.35. The van der Waals surface area contributed by atoms with Crippen LogP contribution in [0.2, 0.25) is 0 Å². The Morgan fingerprint density at radius 2 is 2.20 bits per heavy atom. The largest absolute Gasteiger partial charge is 0.497 e. The number of carbonyl (C=O) groups is 2. The second-order valence-electron chi connectivity index (χ2n) is 5.14. The van der Waals surface area contributed by atoms with Crippen molar-refractivity contribution in [2.75, 3.05) is 7.11 Å². The average molecular weight is 277 g/mol. The Morgan fingerprint density at radius 3 is 2.85 bits per heavy atom. The molecule has 2 atom stereocenters. The molecule has 1 amide bonds. The Labute approximate surface area is 117 Å². The minimum Gasteiger partial charge on any atom is -0.497 e. The highest BCUT2D eigenvalue weighted by atomic mass is 16.5. The molecule has 0 radical (unpaired) electrons. The molecular formula is C15H19NO4. The molecule has 20 heavy (non-hydrogen) atoms. The zero-order valence-corrected chi connectivity index (χ0v) is 11.5. The van der Waals surface area contributed by atoms with Gasteiger partial charge in [0.2, 0.25) is 5.91 Å². The maximum atomic E-state index is 11.9. The van der Waals surface area contributed by atoms with Crippen molar-refractivity contribution in [3.8, 4) is 5.75 Å². The number of nitrogens with one attached hydrogen (secondary N) is 1. The molecule has 2 unspecified atom stereocenters. The molecule has 5 heteroatoms. The third kappa shape index (κ3) is 3.73. The zero-order valence-electron chi connectivity index (χ0n) is 11.5. The third-order valence-corrected chi connectivity index (χ3v) is 3.65. The summed E-state index contributed by atoms with van der Waals surface area (Å²) in [7, 11) is 1.59. The lowest BCUT2D eigenvalue weighted by molar-refractivity contribution is -0.141. The van der Waals surface area contributed by atoms with E-state index in [-0.39, 0.29) is 24.3 Å². The van der Waals surface area contributed by atoms with E-state index in [4.69, 9.17) is 9.84 Å². The molecular weight excluding hydrogens is 258 g/mol. The van der Waals surface area contributed by atoms with Gasteiger partial charge >= 0.3 is 5.97 Å². The number of amides is 1. The van der Waals surface area contributed by atoms with Crippen molar-refractivity contribution in [1.29, 1.82) is 0 Å².